The molecule has 0 radical (unpaired) electrons. The van der Waals surface area contributed by atoms with Crippen LogP contribution < -0.4 is 0 Å². The van der Waals surface area contributed by atoms with E-state index in [1.165, 1.54) is 18.4 Å². The zero-order valence-corrected chi connectivity index (χ0v) is 22.9. The smallest absolute Gasteiger partial charge is 0.309 e. The molecule has 0 saturated heterocycles. The minimum atomic E-state index is -0.118. The lowest BCUT2D eigenvalue weighted by atomic mass is 10.1. The van der Waals surface area contributed by atoms with E-state index in [1.54, 1.807) is 23.4 Å². The van der Waals surface area contributed by atoms with Crippen molar-refractivity contribution in [3.63, 3.8) is 0 Å². The van der Waals surface area contributed by atoms with E-state index in [0.717, 1.165) is 34.5 Å². The second kappa shape index (κ2) is 9.89. The fraction of sp³-hybridized carbons (Fsp3) is 0.367. The number of pyridine rings is 2. The second-order valence-corrected chi connectivity index (χ2v) is 11.3. The maximum atomic E-state index is 12.9. The van der Waals surface area contributed by atoms with Crippen molar-refractivity contribution in [3.05, 3.63) is 88.6 Å². The molecule has 10 heteroatoms. The first-order valence-electron chi connectivity index (χ1n) is 13.8. The molecule has 7 rings (SSSR count). The first kappa shape index (κ1) is 25.0. The summed E-state index contributed by atoms with van der Waals surface area (Å²) >= 11 is 6.14. The van der Waals surface area contributed by atoms with Crippen molar-refractivity contribution < 1.29 is 14.3 Å². The lowest BCUT2D eigenvalue weighted by molar-refractivity contribution is -0.144. The molecule has 0 spiro atoms. The third kappa shape index (κ3) is 4.79. The van der Waals surface area contributed by atoms with Crippen molar-refractivity contribution in [2.75, 3.05) is 6.61 Å². The van der Waals surface area contributed by atoms with Gasteiger partial charge in [-0.1, -0.05) is 17.7 Å². The van der Waals surface area contributed by atoms with E-state index in [2.05, 4.69) is 26.7 Å². The number of nitrogens with zero attached hydrogens (tertiary/aromatic N) is 6. The van der Waals surface area contributed by atoms with Gasteiger partial charge in [-0.3, -0.25) is 14.3 Å². The number of carbonyl (C=O) groups is 2. The zero-order chi connectivity index (χ0) is 27.4. The number of aryl methyl sites for hydroxylation is 1. The van der Waals surface area contributed by atoms with Gasteiger partial charge in [0.15, 0.2) is 5.78 Å². The summed E-state index contributed by atoms with van der Waals surface area (Å²) in [6.45, 7) is 2.69. The Bertz CT molecular complexity index is 1760. The van der Waals surface area contributed by atoms with Gasteiger partial charge in [-0.2, -0.15) is 5.10 Å². The number of hydrogen-bond acceptors (Lipinski definition) is 6. The standard InChI is InChI=1S/C30H29ClN6O3/c1-2-40-30(39)25-11-23(25)24-9-19(18-3-4-18)13-36-15-22(34-29(24)36)16-37-14-20(12-33-37)28(38)6-5-26-27-10-21(31)7-8-35(27)17-32-26/h7-10,12-15,17-18,23,25H,2-6,11,16H2,1H3. The van der Waals surface area contributed by atoms with Crippen molar-refractivity contribution in [1.29, 1.82) is 0 Å². The Hall–Kier alpha value is -3.98. The quantitative estimate of drug-likeness (QED) is 0.172. The number of ketones is 1. The van der Waals surface area contributed by atoms with E-state index in [0.29, 0.717) is 42.5 Å². The number of fused-ring (bicyclic) bond motifs is 2. The van der Waals surface area contributed by atoms with Crippen LogP contribution in [0.2, 0.25) is 5.02 Å². The lowest BCUT2D eigenvalue weighted by Gasteiger charge is -2.07. The maximum Gasteiger partial charge on any atom is 0.309 e. The molecule has 5 aromatic rings. The average Bonchev–Trinajstić information content (AvgIpc) is 3.82. The monoisotopic (exact) mass is 556 g/mol. The van der Waals surface area contributed by atoms with Gasteiger partial charge < -0.3 is 13.5 Å². The van der Waals surface area contributed by atoms with E-state index in [9.17, 15) is 9.59 Å². The molecule has 0 aromatic carbocycles. The number of hydrogen-bond donors (Lipinski definition) is 0. The molecule has 5 heterocycles. The number of carbonyl (C=O) groups excluding carboxylic acids is 2. The van der Waals surface area contributed by atoms with Gasteiger partial charge in [-0.25, -0.2) is 9.97 Å². The molecule has 0 amide bonds. The Labute approximate surface area is 235 Å². The summed E-state index contributed by atoms with van der Waals surface area (Å²) in [5.74, 6) is 0.543. The number of Topliss-reactive ketones (excluding diaryl/α,β-unsaturated/α-hetero) is 1. The molecule has 9 nitrogen and oxygen atoms in total. The molecule has 0 aliphatic heterocycles. The van der Waals surface area contributed by atoms with Crippen LogP contribution in [0.25, 0.3) is 11.2 Å². The summed E-state index contributed by atoms with van der Waals surface area (Å²) < 4.78 is 11.0. The van der Waals surface area contributed by atoms with E-state index >= 15 is 0 Å². The Morgan fingerprint density at radius 1 is 1.15 bits per heavy atom. The number of halogens is 1. The van der Waals surface area contributed by atoms with Crippen molar-refractivity contribution in [2.24, 2.45) is 5.92 Å². The van der Waals surface area contributed by atoms with Crippen LogP contribution in [-0.4, -0.2) is 46.9 Å². The predicted molar refractivity (Wildman–Crippen MR) is 149 cm³/mol. The third-order valence-electron chi connectivity index (χ3n) is 7.93. The normalized spacial score (nSPS) is 18.4. The predicted octanol–water partition coefficient (Wildman–Crippen LogP) is 5.24. The highest BCUT2D eigenvalue weighted by atomic mass is 35.5. The van der Waals surface area contributed by atoms with Gasteiger partial charge in [0, 0.05) is 42.1 Å². The van der Waals surface area contributed by atoms with Crippen LogP contribution in [-0.2, 0) is 22.5 Å². The van der Waals surface area contributed by atoms with Crippen LogP contribution in [0.5, 0.6) is 0 Å². The van der Waals surface area contributed by atoms with E-state index in [-0.39, 0.29) is 23.6 Å². The third-order valence-corrected chi connectivity index (χ3v) is 8.16. The topological polar surface area (TPSA) is 95.8 Å². The first-order valence-corrected chi connectivity index (χ1v) is 14.2. The van der Waals surface area contributed by atoms with Gasteiger partial charge in [0.1, 0.15) is 5.65 Å². The number of aromatic nitrogens is 6. The van der Waals surface area contributed by atoms with Gasteiger partial charge in [0.2, 0.25) is 0 Å². The van der Waals surface area contributed by atoms with Crippen LogP contribution in [0.15, 0.2) is 55.5 Å². The molecule has 2 saturated carbocycles. The minimum Gasteiger partial charge on any atom is -0.466 e. The molecule has 2 aliphatic carbocycles. The molecule has 2 unspecified atom stereocenters. The van der Waals surface area contributed by atoms with Gasteiger partial charge >= 0.3 is 5.97 Å². The lowest BCUT2D eigenvalue weighted by Crippen LogP contribution is -2.07. The Morgan fingerprint density at radius 3 is 2.85 bits per heavy atom. The minimum absolute atomic E-state index is 0.0135. The zero-order valence-electron chi connectivity index (χ0n) is 22.2. The SMILES string of the molecule is CCOC(=O)C1CC1c1cc(C2CC2)cn2cc(Cn3cc(C(=O)CCc4ncn5ccc(Cl)cc45)cn3)nc12. The van der Waals surface area contributed by atoms with Crippen molar-refractivity contribution in [2.45, 2.75) is 57.4 Å². The fourth-order valence-corrected chi connectivity index (χ4v) is 5.74. The molecule has 5 aromatic heterocycles. The molecule has 2 aliphatic rings. The van der Waals surface area contributed by atoms with E-state index in [4.69, 9.17) is 21.3 Å². The number of imidazole rings is 2. The molecule has 0 bridgehead atoms. The molecule has 40 heavy (non-hydrogen) atoms. The number of ether oxygens (including phenoxy) is 1. The molecule has 2 atom stereocenters. The van der Waals surface area contributed by atoms with Crippen LogP contribution in [0.4, 0.5) is 0 Å². The Kier molecular flexibility index (Phi) is 6.19. The number of rotatable bonds is 10. The largest absolute Gasteiger partial charge is 0.466 e. The van der Waals surface area contributed by atoms with Gasteiger partial charge in [-0.15, -0.1) is 0 Å². The summed E-state index contributed by atoms with van der Waals surface area (Å²) in [5, 5.41) is 5.08. The van der Waals surface area contributed by atoms with E-state index in [1.807, 2.05) is 35.9 Å². The van der Waals surface area contributed by atoms with Gasteiger partial charge in [0.25, 0.3) is 0 Å². The number of esters is 1. The van der Waals surface area contributed by atoms with Crippen LogP contribution >= 0.6 is 11.6 Å². The van der Waals surface area contributed by atoms with Gasteiger partial charge in [0.05, 0.1) is 54.1 Å². The summed E-state index contributed by atoms with van der Waals surface area (Å²) in [7, 11) is 0. The Balaban J connectivity index is 1.07. The average molecular weight is 557 g/mol. The summed E-state index contributed by atoms with van der Waals surface area (Å²) in [5.41, 5.74) is 6.48. The van der Waals surface area contributed by atoms with E-state index < -0.39 is 0 Å². The van der Waals surface area contributed by atoms with Crippen LogP contribution in [0.1, 0.15) is 77.3 Å². The summed E-state index contributed by atoms with van der Waals surface area (Å²) in [6.07, 6.45) is 15.2. The van der Waals surface area contributed by atoms with Crippen LogP contribution in [0, 0.1) is 5.92 Å². The van der Waals surface area contributed by atoms with Gasteiger partial charge in [-0.05, 0) is 61.8 Å². The van der Waals surface area contributed by atoms with Crippen LogP contribution in [0.3, 0.4) is 0 Å². The molecular formula is C30H29ClN6O3. The second-order valence-electron chi connectivity index (χ2n) is 10.8. The summed E-state index contributed by atoms with van der Waals surface area (Å²) in [6, 6.07) is 5.91. The highest BCUT2D eigenvalue weighted by Gasteiger charge is 2.46. The highest BCUT2D eigenvalue weighted by Crippen LogP contribution is 2.51. The molecule has 2 fully saturated rings. The van der Waals surface area contributed by atoms with Crippen molar-refractivity contribution in [1.82, 2.24) is 28.5 Å². The molecule has 204 valence electrons. The van der Waals surface area contributed by atoms with Crippen molar-refractivity contribution >= 4 is 34.5 Å². The Morgan fingerprint density at radius 2 is 2.02 bits per heavy atom. The van der Waals surface area contributed by atoms with Crippen molar-refractivity contribution in [3.8, 4) is 0 Å². The highest BCUT2D eigenvalue weighted by molar-refractivity contribution is 6.30. The molecule has 0 N–H and O–H groups in total. The fourth-order valence-electron chi connectivity index (χ4n) is 5.58. The molecular weight excluding hydrogens is 528 g/mol. The first-order chi connectivity index (χ1) is 19.5. The summed E-state index contributed by atoms with van der Waals surface area (Å²) in [4.78, 5) is 34.7. The maximum absolute atomic E-state index is 12.9.